The van der Waals surface area contributed by atoms with Gasteiger partial charge in [0, 0.05) is 68.5 Å². The van der Waals surface area contributed by atoms with Gasteiger partial charge in [0.15, 0.2) is 0 Å². The van der Waals surface area contributed by atoms with Crippen LogP contribution in [0.2, 0.25) is 0 Å². The molecular weight excluding hydrogens is 570 g/mol. The van der Waals surface area contributed by atoms with Crippen molar-refractivity contribution in [3.63, 3.8) is 0 Å². The van der Waals surface area contributed by atoms with Gasteiger partial charge in [0.1, 0.15) is 6.61 Å². The Balaban J connectivity index is 1.66. The van der Waals surface area contributed by atoms with Crippen molar-refractivity contribution < 1.29 is 38.9 Å². The Bertz CT molecular complexity index is 1260. The first-order valence-electron chi connectivity index (χ1n) is 15.1. The number of benzene rings is 1. The number of amides is 5. The average Bonchev–Trinajstić information content (AvgIpc) is 3.29. The number of alkyl carbamates (subject to hydrolysis) is 1. The minimum absolute atomic E-state index is 0.0193. The van der Waals surface area contributed by atoms with E-state index in [-0.39, 0.29) is 94.1 Å². The molecule has 44 heavy (non-hydrogen) atoms. The van der Waals surface area contributed by atoms with Gasteiger partial charge in [-0.25, -0.2) is 4.79 Å². The van der Waals surface area contributed by atoms with Crippen molar-refractivity contribution in [1.29, 1.82) is 0 Å². The Morgan fingerprint density at radius 1 is 0.818 bits per heavy atom. The molecule has 0 bridgehead atoms. The quantitative estimate of drug-likeness (QED) is 0.137. The van der Waals surface area contributed by atoms with Crippen molar-refractivity contribution in [3.05, 3.63) is 52.7 Å². The molecule has 2 aliphatic rings. The number of hydrogen-bond donors (Lipinski definition) is 7. The van der Waals surface area contributed by atoms with E-state index in [1.54, 1.807) is 6.92 Å². The smallest absolute Gasteiger partial charge is 0.407 e. The molecule has 3 rings (SSSR count). The maximum absolute atomic E-state index is 12.6. The fourth-order valence-corrected chi connectivity index (χ4v) is 5.28. The van der Waals surface area contributed by atoms with Crippen LogP contribution in [0, 0.1) is 0 Å². The van der Waals surface area contributed by atoms with E-state index in [0.29, 0.717) is 37.2 Å². The molecule has 2 atom stereocenters. The van der Waals surface area contributed by atoms with Gasteiger partial charge in [-0.2, -0.15) is 0 Å². The molecule has 0 heterocycles. The highest BCUT2D eigenvalue weighted by atomic mass is 16.5. The Kier molecular flexibility index (Phi) is 13.8. The van der Waals surface area contributed by atoms with Crippen molar-refractivity contribution >= 4 is 35.4 Å². The normalized spacial score (nSPS) is 16.4. The van der Waals surface area contributed by atoms with Crippen LogP contribution < -0.4 is 26.6 Å². The highest BCUT2D eigenvalue weighted by Crippen LogP contribution is 2.50. The number of fused-ring (bicyclic) bond motifs is 3. The predicted octanol–water partition coefficient (Wildman–Crippen LogP) is 1.44. The maximum Gasteiger partial charge on any atom is 0.407 e. The Morgan fingerprint density at radius 3 is 2.05 bits per heavy atom. The Morgan fingerprint density at radius 2 is 1.43 bits per heavy atom. The second kappa shape index (κ2) is 17.8. The third-order valence-corrected chi connectivity index (χ3v) is 7.29. The number of aliphatic hydroxyl groups excluding tert-OH is 2. The SMILES string of the molecule is CCNC(=O)OCC1C2=CC(NC(=O)CCCC(=O)NCCO)=CCC2c2ccc(NC(=O)CCCC(=O)NCCO)cc21. The summed E-state index contributed by atoms with van der Waals surface area (Å²) < 4.78 is 5.52. The molecular formula is C31H43N5O8. The summed E-state index contributed by atoms with van der Waals surface area (Å²) in [6.07, 6.45) is 5.36. The van der Waals surface area contributed by atoms with Crippen LogP contribution in [0.4, 0.5) is 10.5 Å². The van der Waals surface area contributed by atoms with Crippen LogP contribution in [-0.2, 0) is 23.9 Å². The summed E-state index contributed by atoms with van der Waals surface area (Å²) in [6, 6.07) is 5.66. The van der Waals surface area contributed by atoms with Crippen molar-refractivity contribution in [2.75, 3.05) is 44.8 Å². The van der Waals surface area contributed by atoms with Gasteiger partial charge in [0.05, 0.1) is 13.2 Å². The lowest BCUT2D eigenvalue weighted by Gasteiger charge is -2.22. The molecule has 0 fully saturated rings. The number of carbonyl (C=O) groups excluding carboxylic acids is 5. The third-order valence-electron chi connectivity index (χ3n) is 7.29. The van der Waals surface area contributed by atoms with Crippen LogP contribution in [0.5, 0.6) is 0 Å². The van der Waals surface area contributed by atoms with E-state index in [0.717, 1.165) is 16.7 Å². The zero-order valence-corrected chi connectivity index (χ0v) is 25.1. The standard InChI is InChI=1S/C31H43N5O8/c1-2-32-31(43)44-19-26-24-17-20(35-29(41)7-3-5-27(39)33-13-15-37)9-11-22(24)23-12-10-21(18-25(23)26)36-30(42)8-4-6-28(40)34-14-16-38/h9-11,17-18,23,26,37-38H,2-8,12-16,19H2,1H3,(H,32,43)(H,33,39)(H,34,40)(H,35,41)(H,36,42). The van der Waals surface area contributed by atoms with E-state index in [1.165, 1.54) is 0 Å². The topological polar surface area (TPSA) is 195 Å². The number of aliphatic hydroxyl groups is 2. The molecule has 13 heteroatoms. The van der Waals surface area contributed by atoms with Crippen molar-refractivity contribution in [2.24, 2.45) is 0 Å². The molecule has 5 amide bonds. The third kappa shape index (κ3) is 10.5. The van der Waals surface area contributed by atoms with Gasteiger partial charge in [0.25, 0.3) is 0 Å². The second-order valence-electron chi connectivity index (χ2n) is 10.6. The van der Waals surface area contributed by atoms with Gasteiger partial charge in [-0.05, 0) is 61.1 Å². The Hall–Kier alpha value is -4.23. The number of carbonyl (C=O) groups is 5. The minimum Gasteiger partial charge on any atom is -0.449 e. The molecule has 7 N–H and O–H groups in total. The lowest BCUT2D eigenvalue weighted by atomic mass is 9.87. The van der Waals surface area contributed by atoms with Crippen LogP contribution in [0.1, 0.15) is 74.8 Å². The number of nitrogens with one attached hydrogen (secondary N) is 5. The van der Waals surface area contributed by atoms with Crippen molar-refractivity contribution in [2.45, 2.75) is 63.7 Å². The van der Waals surface area contributed by atoms with Crippen LogP contribution in [0.15, 0.2) is 41.6 Å². The predicted molar refractivity (Wildman–Crippen MR) is 162 cm³/mol. The first-order chi connectivity index (χ1) is 21.2. The summed E-state index contributed by atoms with van der Waals surface area (Å²) in [7, 11) is 0. The number of ether oxygens (including phenoxy) is 1. The molecule has 2 unspecified atom stereocenters. The number of rotatable bonds is 17. The molecule has 0 saturated heterocycles. The monoisotopic (exact) mass is 613 g/mol. The molecule has 240 valence electrons. The minimum atomic E-state index is -0.534. The van der Waals surface area contributed by atoms with Gasteiger partial charge in [-0.1, -0.05) is 12.1 Å². The number of anilines is 1. The molecule has 13 nitrogen and oxygen atoms in total. The van der Waals surface area contributed by atoms with E-state index in [1.807, 2.05) is 30.4 Å². The highest BCUT2D eigenvalue weighted by Gasteiger charge is 2.38. The van der Waals surface area contributed by atoms with Crippen molar-refractivity contribution in [1.82, 2.24) is 21.3 Å². The van der Waals surface area contributed by atoms with E-state index < -0.39 is 6.09 Å². The van der Waals surface area contributed by atoms with Gasteiger partial charge in [0.2, 0.25) is 23.6 Å². The highest BCUT2D eigenvalue weighted by molar-refractivity contribution is 5.91. The molecule has 1 aromatic rings. The first-order valence-corrected chi connectivity index (χ1v) is 15.1. The van der Waals surface area contributed by atoms with E-state index in [9.17, 15) is 24.0 Å². The Labute approximate surface area is 256 Å². The number of allylic oxidation sites excluding steroid dienone is 2. The summed E-state index contributed by atoms with van der Waals surface area (Å²) in [4.78, 5) is 60.8. The molecule has 0 spiro atoms. The van der Waals surface area contributed by atoms with Gasteiger partial charge in [-0.3, -0.25) is 19.2 Å². The molecule has 0 aromatic heterocycles. The first kappa shape index (κ1) is 34.3. The molecule has 2 aliphatic carbocycles. The van der Waals surface area contributed by atoms with Crippen LogP contribution in [0.25, 0.3) is 0 Å². The van der Waals surface area contributed by atoms with Crippen molar-refractivity contribution in [3.8, 4) is 0 Å². The van der Waals surface area contributed by atoms with Crippen LogP contribution in [0.3, 0.4) is 0 Å². The second-order valence-corrected chi connectivity index (χ2v) is 10.6. The van der Waals surface area contributed by atoms with Crippen LogP contribution in [-0.4, -0.2) is 79.4 Å². The van der Waals surface area contributed by atoms with Crippen LogP contribution >= 0.6 is 0 Å². The van der Waals surface area contributed by atoms with Gasteiger partial charge >= 0.3 is 6.09 Å². The summed E-state index contributed by atoms with van der Waals surface area (Å²) >= 11 is 0. The molecule has 1 aromatic carbocycles. The summed E-state index contributed by atoms with van der Waals surface area (Å²) in [6.45, 7) is 2.37. The summed E-state index contributed by atoms with van der Waals surface area (Å²) in [5.74, 6) is -1.16. The summed E-state index contributed by atoms with van der Waals surface area (Å²) in [5, 5.41) is 31.1. The summed E-state index contributed by atoms with van der Waals surface area (Å²) in [5.41, 5.74) is 4.18. The lowest BCUT2D eigenvalue weighted by Crippen LogP contribution is -2.27. The zero-order valence-electron chi connectivity index (χ0n) is 25.1. The zero-order chi connectivity index (χ0) is 31.9. The number of hydrogen-bond acceptors (Lipinski definition) is 8. The lowest BCUT2D eigenvalue weighted by molar-refractivity contribution is -0.123. The molecule has 0 aliphatic heterocycles. The molecule has 0 radical (unpaired) electrons. The van der Waals surface area contributed by atoms with Gasteiger partial charge < -0.3 is 41.5 Å². The molecule has 0 saturated carbocycles. The van der Waals surface area contributed by atoms with Gasteiger partial charge in [-0.15, -0.1) is 0 Å². The largest absolute Gasteiger partial charge is 0.449 e. The van der Waals surface area contributed by atoms with E-state index in [4.69, 9.17) is 14.9 Å². The maximum atomic E-state index is 12.6. The van der Waals surface area contributed by atoms with E-state index in [2.05, 4.69) is 26.6 Å². The fraction of sp³-hybridized carbons (Fsp3) is 0.516. The van der Waals surface area contributed by atoms with E-state index >= 15 is 0 Å². The fourth-order valence-electron chi connectivity index (χ4n) is 5.28. The average molecular weight is 614 g/mol.